The van der Waals surface area contributed by atoms with Crippen LogP contribution in [-0.4, -0.2) is 46.0 Å². The molecule has 0 radical (unpaired) electrons. The molecule has 1 aliphatic heterocycles. The van der Waals surface area contributed by atoms with Gasteiger partial charge in [-0.15, -0.1) is 0 Å². The fraction of sp³-hybridized carbons (Fsp3) is 0.400. The Balaban J connectivity index is 1.70. The van der Waals surface area contributed by atoms with Crippen LogP contribution in [0.1, 0.15) is 18.1 Å². The normalized spacial score (nSPS) is 15.9. The second-order valence-electron chi connectivity index (χ2n) is 6.82. The molecule has 0 spiro atoms. The highest BCUT2D eigenvalue weighted by Crippen LogP contribution is 2.22. The second-order valence-corrected chi connectivity index (χ2v) is 8.50. The number of nitrogens with zero attached hydrogens (tertiary/aromatic N) is 2. The molecular formula is C20H27N3O2S. The van der Waals surface area contributed by atoms with E-state index in [9.17, 15) is 8.42 Å². The van der Waals surface area contributed by atoms with Gasteiger partial charge in [0.2, 0.25) is 0 Å². The Kier molecular flexibility index (Phi) is 5.53. The van der Waals surface area contributed by atoms with Crippen LogP contribution in [0.2, 0.25) is 0 Å². The first kappa shape index (κ1) is 18.7. The van der Waals surface area contributed by atoms with Crippen molar-refractivity contribution in [2.75, 3.05) is 42.3 Å². The van der Waals surface area contributed by atoms with Crippen LogP contribution in [0, 0.1) is 13.8 Å². The summed E-state index contributed by atoms with van der Waals surface area (Å²) >= 11 is 0. The molecule has 0 unspecified atom stereocenters. The molecule has 0 bridgehead atoms. The van der Waals surface area contributed by atoms with Gasteiger partial charge in [-0.3, -0.25) is 4.72 Å². The third-order valence-electron chi connectivity index (χ3n) is 5.09. The summed E-state index contributed by atoms with van der Waals surface area (Å²) in [5.74, 6) is 0. The monoisotopic (exact) mass is 373 g/mol. The van der Waals surface area contributed by atoms with Crippen molar-refractivity contribution in [3.63, 3.8) is 0 Å². The van der Waals surface area contributed by atoms with E-state index in [-0.39, 0.29) is 0 Å². The number of anilines is 2. The largest absolute Gasteiger partial charge is 0.369 e. The van der Waals surface area contributed by atoms with Crippen molar-refractivity contribution in [3.8, 4) is 0 Å². The Morgan fingerprint density at radius 2 is 1.58 bits per heavy atom. The number of benzene rings is 2. The minimum atomic E-state index is -3.57. The molecule has 1 heterocycles. The zero-order valence-electron chi connectivity index (χ0n) is 15.7. The molecule has 26 heavy (non-hydrogen) atoms. The second kappa shape index (κ2) is 7.68. The third kappa shape index (κ3) is 4.19. The maximum Gasteiger partial charge on any atom is 0.261 e. The standard InChI is InChI=1S/C20H27N3O2S/c1-4-22-11-13-23(14-12-22)19-8-6-18(7-9-19)21-26(24,25)20-10-5-16(2)17(3)15-20/h5-10,15,21H,4,11-14H2,1-3H3. The molecule has 6 heteroatoms. The van der Waals surface area contributed by atoms with E-state index in [2.05, 4.69) is 21.4 Å². The number of aryl methyl sites for hydroxylation is 2. The molecule has 1 aliphatic rings. The Bertz CT molecular complexity index is 855. The van der Waals surface area contributed by atoms with Gasteiger partial charge >= 0.3 is 0 Å². The van der Waals surface area contributed by atoms with E-state index in [1.165, 1.54) is 0 Å². The molecular weight excluding hydrogens is 346 g/mol. The van der Waals surface area contributed by atoms with Crippen molar-refractivity contribution in [1.82, 2.24) is 4.90 Å². The fourth-order valence-corrected chi connectivity index (χ4v) is 4.30. The van der Waals surface area contributed by atoms with Crippen LogP contribution in [0.15, 0.2) is 47.4 Å². The van der Waals surface area contributed by atoms with Gasteiger partial charge in [0.1, 0.15) is 0 Å². The molecule has 1 saturated heterocycles. The molecule has 0 aromatic heterocycles. The van der Waals surface area contributed by atoms with Crippen molar-refractivity contribution >= 4 is 21.4 Å². The van der Waals surface area contributed by atoms with Gasteiger partial charge in [-0.25, -0.2) is 8.42 Å². The molecule has 1 N–H and O–H groups in total. The molecule has 0 saturated carbocycles. The predicted molar refractivity (Wildman–Crippen MR) is 107 cm³/mol. The highest BCUT2D eigenvalue weighted by atomic mass is 32.2. The maximum atomic E-state index is 12.6. The van der Waals surface area contributed by atoms with E-state index in [0.29, 0.717) is 10.6 Å². The first-order valence-electron chi connectivity index (χ1n) is 9.06. The number of nitrogens with one attached hydrogen (secondary N) is 1. The van der Waals surface area contributed by atoms with Crippen LogP contribution in [0.25, 0.3) is 0 Å². The predicted octanol–water partition coefficient (Wildman–Crippen LogP) is 3.25. The smallest absolute Gasteiger partial charge is 0.261 e. The van der Waals surface area contributed by atoms with Crippen molar-refractivity contribution in [2.45, 2.75) is 25.7 Å². The molecule has 1 fully saturated rings. The summed E-state index contributed by atoms with van der Waals surface area (Å²) in [6.45, 7) is 11.3. The molecule has 2 aromatic rings. The number of piperazine rings is 1. The minimum Gasteiger partial charge on any atom is -0.369 e. The van der Waals surface area contributed by atoms with Crippen LogP contribution < -0.4 is 9.62 Å². The first-order valence-corrected chi connectivity index (χ1v) is 10.5. The SMILES string of the molecule is CCN1CCN(c2ccc(NS(=O)(=O)c3ccc(C)c(C)c3)cc2)CC1. The number of hydrogen-bond acceptors (Lipinski definition) is 4. The van der Waals surface area contributed by atoms with Crippen LogP contribution in [0.5, 0.6) is 0 Å². The van der Waals surface area contributed by atoms with E-state index in [4.69, 9.17) is 0 Å². The third-order valence-corrected chi connectivity index (χ3v) is 6.47. The van der Waals surface area contributed by atoms with Gasteiger partial charge in [-0.1, -0.05) is 13.0 Å². The Labute approximate surface area is 156 Å². The van der Waals surface area contributed by atoms with Crippen LogP contribution in [0.3, 0.4) is 0 Å². The Morgan fingerprint density at radius 3 is 2.15 bits per heavy atom. The van der Waals surface area contributed by atoms with Crippen molar-refractivity contribution in [2.24, 2.45) is 0 Å². The molecule has 2 aromatic carbocycles. The molecule has 0 aliphatic carbocycles. The summed E-state index contributed by atoms with van der Waals surface area (Å²) in [5, 5.41) is 0. The molecule has 5 nitrogen and oxygen atoms in total. The van der Waals surface area contributed by atoms with Crippen molar-refractivity contribution < 1.29 is 8.42 Å². The van der Waals surface area contributed by atoms with E-state index < -0.39 is 10.0 Å². The van der Waals surface area contributed by atoms with Crippen molar-refractivity contribution in [1.29, 1.82) is 0 Å². The average Bonchev–Trinajstić information content (AvgIpc) is 2.64. The van der Waals surface area contributed by atoms with Gasteiger partial charge in [-0.05, 0) is 67.9 Å². The number of hydrogen-bond donors (Lipinski definition) is 1. The molecule has 140 valence electrons. The lowest BCUT2D eigenvalue weighted by atomic mass is 10.1. The van der Waals surface area contributed by atoms with Gasteiger partial charge < -0.3 is 9.80 Å². The minimum absolute atomic E-state index is 0.292. The highest BCUT2D eigenvalue weighted by molar-refractivity contribution is 7.92. The fourth-order valence-electron chi connectivity index (χ4n) is 3.16. The van der Waals surface area contributed by atoms with Gasteiger partial charge in [0.05, 0.1) is 4.90 Å². The maximum absolute atomic E-state index is 12.6. The van der Waals surface area contributed by atoms with E-state index in [0.717, 1.165) is 49.5 Å². The van der Waals surface area contributed by atoms with E-state index >= 15 is 0 Å². The summed E-state index contributed by atoms with van der Waals surface area (Å²) < 4.78 is 27.9. The van der Waals surface area contributed by atoms with Crippen LogP contribution in [-0.2, 0) is 10.0 Å². The van der Waals surface area contributed by atoms with Crippen molar-refractivity contribution in [3.05, 3.63) is 53.6 Å². The summed E-state index contributed by atoms with van der Waals surface area (Å²) in [6, 6.07) is 12.8. The number of rotatable bonds is 5. The van der Waals surface area contributed by atoms with E-state index in [1.54, 1.807) is 12.1 Å². The molecule has 0 atom stereocenters. The quantitative estimate of drug-likeness (QED) is 0.874. The Morgan fingerprint density at radius 1 is 0.923 bits per heavy atom. The highest BCUT2D eigenvalue weighted by Gasteiger charge is 2.17. The first-order chi connectivity index (χ1) is 12.4. The average molecular weight is 374 g/mol. The molecule has 0 amide bonds. The van der Waals surface area contributed by atoms with E-state index in [1.807, 2.05) is 44.2 Å². The number of sulfonamides is 1. The summed E-state index contributed by atoms with van der Waals surface area (Å²) in [6.07, 6.45) is 0. The summed E-state index contributed by atoms with van der Waals surface area (Å²) in [7, 11) is -3.57. The molecule has 3 rings (SSSR count). The van der Waals surface area contributed by atoms with Crippen LogP contribution in [0.4, 0.5) is 11.4 Å². The van der Waals surface area contributed by atoms with Gasteiger partial charge in [0.25, 0.3) is 10.0 Å². The summed E-state index contributed by atoms with van der Waals surface area (Å²) in [5.41, 5.74) is 3.76. The summed E-state index contributed by atoms with van der Waals surface area (Å²) in [4.78, 5) is 5.07. The van der Waals surface area contributed by atoms with Gasteiger partial charge in [-0.2, -0.15) is 0 Å². The lowest BCUT2D eigenvalue weighted by Gasteiger charge is -2.35. The topological polar surface area (TPSA) is 52.6 Å². The van der Waals surface area contributed by atoms with Gasteiger partial charge in [0, 0.05) is 37.6 Å². The zero-order valence-corrected chi connectivity index (χ0v) is 16.5. The Hall–Kier alpha value is -2.05. The van der Waals surface area contributed by atoms with Gasteiger partial charge in [0.15, 0.2) is 0 Å². The zero-order chi connectivity index (χ0) is 18.7. The lowest BCUT2D eigenvalue weighted by Crippen LogP contribution is -2.46. The lowest BCUT2D eigenvalue weighted by molar-refractivity contribution is 0.271. The van der Waals surface area contributed by atoms with Crippen LogP contribution >= 0.6 is 0 Å². The number of likely N-dealkylation sites (N-methyl/N-ethyl adjacent to an activating group) is 1.